The second-order valence-corrected chi connectivity index (χ2v) is 6.18. The molecular formula is C16H23NO2. The van der Waals surface area contributed by atoms with Gasteiger partial charge < -0.3 is 15.2 Å². The van der Waals surface area contributed by atoms with Crippen molar-refractivity contribution in [2.75, 3.05) is 7.11 Å². The van der Waals surface area contributed by atoms with Gasteiger partial charge in [-0.3, -0.25) is 0 Å². The lowest BCUT2D eigenvalue weighted by Gasteiger charge is -2.45. The molecule has 0 aromatic heterocycles. The lowest BCUT2D eigenvalue weighted by atomic mass is 9.74. The average Bonchev–Trinajstić information content (AvgIpc) is 2.42. The molecule has 1 aromatic carbocycles. The fraction of sp³-hybridized carbons (Fsp3) is 0.625. The Morgan fingerprint density at radius 3 is 2.74 bits per heavy atom. The highest BCUT2D eigenvalue weighted by molar-refractivity contribution is 5.44. The number of hydrogen-bond donors (Lipinski definition) is 1. The Labute approximate surface area is 115 Å². The molecule has 1 unspecified atom stereocenters. The van der Waals surface area contributed by atoms with Crippen LogP contribution >= 0.6 is 0 Å². The number of benzene rings is 1. The van der Waals surface area contributed by atoms with E-state index in [1.165, 1.54) is 12.8 Å². The van der Waals surface area contributed by atoms with Crippen molar-refractivity contribution in [2.45, 2.75) is 50.7 Å². The van der Waals surface area contributed by atoms with Crippen molar-refractivity contribution in [3.8, 4) is 11.5 Å². The maximum atomic E-state index is 6.37. The smallest absolute Gasteiger partial charge is 0.125 e. The van der Waals surface area contributed by atoms with Gasteiger partial charge in [0.2, 0.25) is 0 Å². The van der Waals surface area contributed by atoms with Crippen LogP contribution in [-0.2, 0) is 0 Å². The molecule has 0 bridgehead atoms. The molecule has 0 radical (unpaired) electrons. The third-order valence-electron chi connectivity index (χ3n) is 4.72. The first-order chi connectivity index (χ1) is 9.12. The number of methoxy groups -OCH3 is 1. The van der Waals surface area contributed by atoms with Crippen molar-refractivity contribution in [1.29, 1.82) is 0 Å². The van der Waals surface area contributed by atoms with Crippen molar-refractivity contribution in [3.05, 3.63) is 23.8 Å². The van der Waals surface area contributed by atoms with Crippen LogP contribution in [0.3, 0.4) is 0 Å². The first kappa shape index (κ1) is 12.8. The van der Waals surface area contributed by atoms with Crippen molar-refractivity contribution in [3.63, 3.8) is 0 Å². The predicted molar refractivity (Wildman–Crippen MR) is 75.5 cm³/mol. The molecule has 1 fully saturated rings. The summed E-state index contributed by atoms with van der Waals surface area (Å²) < 4.78 is 11.6. The molecule has 1 atom stereocenters. The monoisotopic (exact) mass is 261 g/mol. The summed E-state index contributed by atoms with van der Waals surface area (Å²) in [5, 5.41) is 0. The minimum absolute atomic E-state index is 0.0203. The summed E-state index contributed by atoms with van der Waals surface area (Å²) >= 11 is 0. The summed E-state index contributed by atoms with van der Waals surface area (Å²) in [5.41, 5.74) is 7.44. The lowest BCUT2D eigenvalue weighted by molar-refractivity contribution is -0.00861. The number of fused-ring (bicyclic) bond motifs is 1. The Hall–Kier alpha value is -1.22. The summed E-state index contributed by atoms with van der Waals surface area (Å²) in [7, 11) is 1.68. The second-order valence-electron chi connectivity index (χ2n) is 6.18. The first-order valence-electron chi connectivity index (χ1n) is 7.24. The fourth-order valence-corrected chi connectivity index (χ4v) is 3.42. The first-order valence-corrected chi connectivity index (χ1v) is 7.24. The minimum Gasteiger partial charge on any atom is -0.497 e. The maximum absolute atomic E-state index is 6.37. The molecule has 104 valence electrons. The van der Waals surface area contributed by atoms with E-state index in [1.54, 1.807) is 7.11 Å². The largest absolute Gasteiger partial charge is 0.497 e. The molecule has 0 amide bonds. The Balaban J connectivity index is 1.88. The highest BCUT2D eigenvalue weighted by atomic mass is 16.5. The van der Waals surface area contributed by atoms with Gasteiger partial charge in [-0.2, -0.15) is 0 Å². The van der Waals surface area contributed by atoms with E-state index in [1.807, 2.05) is 18.2 Å². The van der Waals surface area contributed by atoms with Crippen LogP contribution in [0, 0.1) is 5.92 Å². The molecule has 1 aliphatic heterocycles. The van der Waals surface area contributed by atoms with Gasteiger partial charge in [0, 0.05) is 18.0 Å². The number of rotatable bonds is 1. The summed E-state index contributed by atoms with van der Waals surface area (Å²) in [6, 6.07) is 6.04. The molecule has 1 spiro atoms. The van der Waals surface area contributed by atoms with Crippen LogP contribution < -0.4 is 15.2 Å². The quantitative estimate of drug-likeness (QED) is 0.842. The van der Waals surface area contributed by atoms with E-state index in [9.17, 15) is 0 Å². The van der Waals surface area contributed by atoms with Gasteiger partial charge >= 0.3 is 0 Å². The molecule has 1 saturated carbocycles. The molecule has 1 aliphatic carbocycles. The van der Waals surface area contributed by atoms with Crippen LogP contribution in [0.2, 0.25) is 0 Å². The zero-order valence-electron chi connectivity index (χ0n) is 11.8. The van der Waals surface area contributed by atoms with Crippen LogP contribution in [0.4, 0.5) is 0 Å². The van der Waals surface area contributed by atoms with E-state index in [-0.39, 0.29) is 11.6 Å². The SMILES string of the molecule is COc1ccc2c(c1)C(N)CC1(CCC(C)CC1)O2. The van der Waals surface area contributed by atoms with E-state index >= 15 is 0 Å². The summed E-state index contributed by atoms with van der Waals surface area (Å²) in [6.07, 6.45) is 5.69. The highest BCUT2D eigenvalue weighted by Gasteiger charge is 2.42. The molecule has 2 N–H and O–H groups in total. The number of ether oxygens (including phenoxy) is 2. The average molecular weight is 261 g/mol. The van der Waals surface area contributed by atoms with Gasteiger partial charge in [-0.15, -0.1) is 0 Å². The predicted octanol–water partition coefficient (Wildman–Crippen LogP) is 3.43. The van der Waals surface area contributed by atoms with Crippen LogP contribution in [0.1, 0.15) is 50.6 Å². The van der Waals surface area contributed by atoms with Crippen molar-refractivity contribution >= 4 is 0 Å². The van der Waals surface area contributed by atoms with E-state index in [2.05, 4.69) is 6.92 Å². The molecule has 3 heteroatoms. The fourth-order valence-electron chi connectivity index (χ4n) is 3.42. The van der Waals surface area contributed by atoms with E-state index in [0.29, 0.717) is 0 Å². The molecule has 19 heavy (non-hydrogen) atoms. The van der Waals surface area contributed by atoms with Crippen molar-refractivity contribution in [2.24, 2.45) is 11.7 Å². The zero-order chi connectivity index (χ0) is 13.5. The zero-order valence-corrected chi connectivity index (χ0v) is 11.8. The van der Waals surface area contributed by atoms with Gasteiger partial charge in [0.05, 0.1) is 7.11 Å². The second kappa shape index (κ2) is 4.71. The van der Waals surface area contributed by atoms with Crippen LogP contribution in [0.25, 0.3) is 0 Å². The Morgan fingerprint density at radius 1 is 1.32 bits per heavy atom. The Bertz CT molecular complexity index is 464. The van der Waals surface area contributed by atoms with Gasteiger partial charge in [0.1, 0.15) is 17.1 Å². The van der Waals surface area contributed by atoms with Gasteiger partial charge in [0.25, 0.3) is 0 Å². The van der Waals surface area contributed by atoms with Gasteiger partial charge in [0.15, 0.2) is 0 Å². The standard InChI is InChI=1S/C16H23NO2/c1-11-5-7-16(8-6-11)10-14(17)13-9-12(18-2)3-4-15(13)19-16/h3-4,9,11,14H,5-8,10,17H2,1-2H3. The summed E-state index contributed by atoms with van der Waals surface area (Å²) in [5.74, 6) is 2.63. The summed E-state index contributed by atoms with van der Waals surface area (Å²) in [6.45, 7) is 2.33. The molecule has 3 rings (SSSR count). The molecule has 3 nitrogen and oxygen atoms in total. The van der Waals surface area contributed by atoms with E-state index in [0.717, 1.165) is 42.2 Å². The molecule has 2 aliphatic rings. The molecular weight excluding hydrogens is 238 g/mol. The third kappa shape index (κ3) is 2.32. The minimum atomic E-state index is -0.0203. The highest BCUT2D eigenvalue weighted by Crippen LogP contribution is 2.47. The van der Waals surface area contributed by atoms with Crippen LogP contribution in [0.5, 0.6) is 11.5 Å². The van der Waals surface area contributed by atoms with Crippen molar-refractivity contribution in [1.82, 2.24) is 0 Å². The summed E-state index contributed by atoms with van der Waals surface area (Å²) in [4.78, 5) is 0. The normalized spacial score (nSPS) is 33.6. The van der Waals surface area contributed by atoms with Gasteiger partial charge in [-0.25, -0.2) is 0 Å². The Kier molecular flexibility index (Phi) is 3.17. The molecule has 1 heterocycles. The van der Waals surface area contributed by atoms with Gasteiger partial charge in [-0.1, -0.05) is 6.92 Å². The topological polar surface area (TPSA) is 44.5 Å². The van der Waals surface area contributed by atoms with E-state index in [4.69, 9.17) is 15.2 Å². The Morgan fingerprint density at radius 2 is 2.05 bits per heavy atom. The number of hydrogen-bond acceptors (Lipinski definition) is 3. The van der Waals surface area contributed by atoms with Crippen LogP contribution in [0.15, 0.2) is 18.2 Å². The van der Waals surface area contributed by atoms with E-state index < -0.39 is 0 Å². The maximum Gasteiger partial charge on any atom is 0.125 e. The van der Waals surface area contributed by atoms with Crippen LogP contribution in [-0.4, -0.2) is 12.7 Å². The van der Waals surface area contributed by atoms with Crippen molar-refractivity contribution < 1.29 is 9.47 Å². The molecule has 0 saturated heterocycles. The lowest BCUT2D eigenvalue weighted by Crippen LogP contribution is -2.45. The molecule has 1 aromatic rings. The number of nitrogens with two attached hydrogens (primary N) is 1. The third-order valence-corrected chi connectivity index (χ3v) is 4.72. The van der Waals surface area contributed by atoms with Gasteiger partial charge in [-0.05, 0) is 49.8 Å².